The van der Waals surface area contributed by atoms with Gasteiger partial charge in [-0.15, -0.1) is 0 Å². The molecular weight excluding hydrogens is 267 g/mol. The Kier molecular flexibility index (Phi) is 3.47. The van der Waals surface area contributed by atoms with Gasteiger partial charge in [-0.05, 0) is 24.3 Å². The molecule has 0 spiro atoms. The summed E-state index contributed by atoms with van der Waals surface area (Å²) in [6.45, 7) is 4.49. The number of hydrogen-bond acceptors (Lipinski definition) is 3. The van der Waals surface area contributed by atoms with Gasteiger partial charge >= 0.3 is 0 Å². The molecule has 3 rings (SSSR count). The van der Waals surface area contributed by atoms with Gasteiger partial charge in [0.2, 0.25) is 5.88 Å². The highest BCUT2D eigenvalue weighted by molar-refractivity contribution is 5.76. The molecule has 0 radical (unpaired) electrons. The number of benzene rings is 1. The van der Waals surface area contributed by atoms with Crippen molar-refractivity contribution < 1.29 is 8.91 Å². The highest BCUT2D eigenvalue weighted by Gasteiger charge is 2.38. The fourth-order valence-electron chi connectivity index (χ4n) is 3.49. The maximum Gasteiger partial charge on any atom is 0.230 e. The van der Waals surface area contributed by atoms with Crippen LogP contribution >= 0.6 is 0 Å². The Morgan fingerprint density at radius 3 is 2.76 bits per heavy atom. The highest BCUT2D eigenvalue weighted by atomic mass is 19.1. The largest absolute Gasteiger partial charge is 0.367 e. The zero-order chi connectivity index (χ0) is 15.0. The van der Waals surface area contributed by atoms with Crippen LogP contribution in [0.5, 0.6) is 0 Å². The summed E-state index contributed by atoms with van der Waals surface area (Å²) in [6, 6.07) is 6.66. The predicted octanol–water partition coefficient (Wildman–Crippen LogP) is 4.75. The van der Waals surface area contributed by atoms with E-state index in [1.165, 1.54) is 12.5 Å². The van der Waals surface area contributed by atoms with Gasteiger partial charge in [-0.1, -0.05) is 50.0 Å². The van der Waals surface area contributed by atoms with Crippen LogP contribution in [0.3, 0.4) is 0 Å². The molecule has 0 aliphatic heterocycles. The van der Waals surface area contributed by atoms with E-state index in [-0.39, 0.29) is 23.0 Å². The molecule has 2 aromatic rings. The van der Waals surface area contributed by atoms with E-state index in [1.54, 1.807) is 18.2 Å². The summed E-state index contributed by atoms with van der Waals surface area (Å²) >= 11 is 0. The molecule has 0 saturated heterocycles. The molecule has 0 amide bonds. The molecule has 1 aromatic heterocycles. The molecule has 3 nitrogen and oxygen atoms in total. The summed E-state index contributed by atoms with van der Waals surface area (Å²) in [6.07, 6.45) is 4.57. The van der Waals surface area contributed by atoms with Crippen LogP contribution in [0.25, 0.3) is 11.1 Å². The van der Waals surface area contributed by atoms with Crippen LogP contribution in [0, 0.1) is 11.2 Å². The zero-order valence-electron chi connectivity index (χ0n) is 12.5. The van der Waals surface area contributed by atoms with Gasteiger partial charge in [0, 0.05) is 11.5 Å². The van der Waals surface area contributed by atoms with E-state index >= 15 is 0 Å². The lowest BCUT2D eigenvalue weighted by Crippen LogP contribution is -2.26. The van der Waals surface area contributed by atoms with Crippen molar-refractivity contribution in [3.8, 4) is 11.1 Å². The minimum absolute atomic E-state index is 0.127. The Labute approximate surface area is 124 Å². The van der Waals surface area contributed by atoms with E-state index in [1.807, 2.05) is 0 Å². The second-order valence-electron chi connectivity index (χ2n) is 6.57. The van der Waals surface area contributed by atoms with Gasteiger partial charge in [0.1, 0.15) is 5.82 Å². The van der Waals surface area contributed by atoms with Crippen molar-refractivity contribution in [1.82, 2.24) is 5.16 Å². The number of nitrogen functional groups attached to an aromatic ring is 1. The van der Waals surface area contributed by atoms with Crippen LogP contribution in [0.2, 0.25) is 0 Å². The van der Waals surface area contributed by atoms with Crippen LogP contribution in [-0.2, 0) is 0 Å². The van der Waals surface area contributed by atoms with Crippen LogP contribution in [-0.4, -0.2) is 5.16 Å². The van der Waals surface area contributed by atoms with Crippen molar-refractivity contribution in [3.63, 3.8) is 0 Å². The zero-order valence-corrected chi connectivity index (χ0v) is 12.5. The molecule has 2 N–H and O–H groups in total. The third kappa shape index (κ3) is 2.43. The van der Waals surface area contributed by atoms with E-state index in [0.717, 1.165) is 25.0 Å². The monoisotopic (exact) mass is 288 g/mol. The van der Waals surface area contributed by atoms with Crippen LogP contribution in [0.15, 0.2) is 28.8 Å². The summed E-state index contributed by atoms with van der Waals surface area (Å²) in [7, 11) is 0. The number of anilines is 1. The number of nitrogens with zero attached hydrogens (tertiary/aromatic N) is 1. The van der Waals surface area contributed by atoms with Gasteiger partial charge in [0.15, 0.2) is 0 Å². The number of halogens is 1. The first-order chi connectivity index (χ1) is 10.0. The molecule has 1 atom stereocenters. The molecule has 0 bridgehead atoms. The van der Waals surface area contributed by atoms with Gasteiger partial charge in [-0.3, -0.25) is 0 Å². The van der Waals surface area contributed by atoms with Crippen molar-refractivity contribution in [2.24, 2.45) is 5.41 Å². The summed E-state index contributed by atoms with van der Waals surface area (Å²) in [5, 5.41) is 4.19. The molecule has 1 heterocycles. The molecule has 1 fully saturated rings. The van der Waals surface area contributed by atoms with Gasteiger partial charge in [-0.2, -0.15) is 0 Å². The normalized spacial score (nSPS) is 21.4. The van der Waals surface area contributed by atoms with Gasteiger partial charge in [-0.25, -0.2) is 4.39 Å². The topological polar surface area (TPSA) is 52.0 Å². The smallest absolute Gasteiger partial charge is 0.230 e. The van der Waals surface area contributed by atoms with E-state index in [2.05, 4.69) is 19.0 Å². The third-order valence-corrected chi connectivity index (χ3v) is 4.73. The summed E-state index contributed by atoms with van der Waals surface area (Å²) in [5.41, 5.74) is 7.99. The van der Waals surface area contributed by atoms with Crippen LogP contribution in [0.4, 0.5) is 10.3 Å². The van der Waals surface area contributed by atoms with Crippen molar-refractivity contribution in [1.29, 1.82) is 0 Å². The standard InChI is InChI=1S/C17H21FN2O/c1-17(2)10-6-5-8-12(17)15-14(16(19)21-20-15)11-7-3-4-9-13(11)18/h3-4,7,9,12H,5-6,8,10,19H2,1-2H3. The lowest BCUT2D eigenvalue weighted by Gasteiger charge is -2.37. The summed E-state index contributed by atoms with van der Waals surface area (Å²) < 4.78 is 19.4. The molecular formula is C17H21FN2O. The SMILES string of the molecule is CC1(C)CCCCC1c1noc(N)c1-c1ccccc1F. The Morgan fingerprint density at radius 2 is 2.05 bits per heavy atom. The molecule has 1 saturated carbocycles. The molecule has 21 heavy (non-hydrogen) atoms. The molecule has 1 aliphatic carbocycles. The first kappa shape index (κ1) is 14.1. The highest BCUT2D eigenvalue weighted by Crippen LogP contribution is 2.49. The number of hydrogen-bond donors (Lipinski definition) is 1. The quantitative estimate of drug-likeness (QED) is 0.867. The Hall–Kier alpha value is -1.84. The molecule has 112 valence electrons. The predicted molar refractivity (Wildman–Crippen MR) is 81.3 cm³/mol. The Morgan fingerprint density at radius 1 is 1.29 bits per heavy atom. The number of nitrogens with two attached hydrogens (primary N) is 1. The second-order valence-corrected chi connectivity index (χ2v) is 6.57. The second kappa shape index (κ2) is 5.17. The third-order valence-electron chi connectivity index (χ3n) is 4.73. The lowest BCUT2D eigenvalue weighted by molar-refractivity contribution is 0.192. The fourth-order valence-corrected chi connectivity index (χ4v) is 3.49. The van der Waals surface area contributed by atoms with Crippen LogP contribution in [0.1, 0.15) is 51.1 Å². The lowest BCUT2D eigenvalue weighted by atomic mass is 9.67. The van der Waals surface area contributed by atoms with E-state index < -0.39 is 0 Å². The minimum atomic E-state index is -0.290. The van der Waals surface area contributed by atoms with E-state index in [9.17, 15) is 4.39 Å². The summed E-state index contributed by atoms with van der Waals surface area (Å²) in [5.74, 6) is 0.167. The van der Waals surface area contributed by atoms with Gasteiger partial charge in [0.05, 0.1) is 11.3 Å². The minimum Gasteiger partial charge on any atom is -0.367 e. The number of rotatable bonds is 2. The Balaban J connectivity index is 2.11. The van der Waals surface area contributed by atoms with Crippen molar-refractivity contribution in [2.75, 3.05) is 5.73 Å². The Bertz CT molecular complexity index is 648. The fraction of sp³-hybridized carbons (Fsp3) is 0.471. The van der Waals surface area contributed by atoms with Gasteiger partial charge in [0.25, 0.3) is 0 Å². The first-order valence-corrected chi connectivity index (χ1v) is 7.50. The van der Waals surface area contributed by atoms with E-state index in [0.29, 0.717) is 11.1 Å². The molecule has 1 unspecified atom stereocenters. The molecule has 1 aromatic carbocycles. The maximum absolute atomic E-state index is 14.1. The van der Waals surface area contributed by atoms with E-state index in [4.69, 9.17) is 10.3 Å². The molecule has 4 heteroatoms. The number of aromatic nitrogens is 1. The van der Waals surface area contributed by atoms with Gasteiger partial charge < -0.3 is 10.3 Å². The first-order valence-electron chi connectivity index (χ1n) is 7.50. The van der Waals surface area contributed by atoms with Crippen molar-refractivity contribution in [3.05, 3.63) is 35.8 Å². The van der Waals surface area contributed by atoms with Crippen molar-refractivity contribution in [2.45, 2.75) is 45.4 Å². The van der Waals surface area contributed by atoms with Crippen LogP contribution < -0.4 is 5.73 Å². The molecule has 1 aliphatic rings. The summed E-state index contributed by atoms with van der Waals surface area (Å²) in [4.78, 5) is 0. The average molecular weight is 288 g/mol. The maximum atomic E-state index is 14.1. The van der Waals surface area contributed by atoms with Crippen molar-refractivity contribution >= 4 is 5.88 Å². The average Bonchev–Trinajstić information content (AvgIpc) is 2.80.